The molecule has 290 valence electrons. The molecule has 0 N–H and O–H groups in total. The molecule has 0 aliphatic carbocycles. The summed E-state index contributed by atoms with van der Waals surface area (Å²) in [4.78, 5) is 25.6. The minimum atomic E-state index is 0.575. The van der Waals surface area contributed by atoms with Gasteiger partial charge in [0.2, 0.25) is 5.95 Å². The van der Waals surface area contributed by atoms with Crippen LogP contribution in [0.3, 0.4) is 0 Å². The molecule has 0 saturated carbocycles. The first-order valence-corrected chi connectivity index (χ1v) is 20.7. The van der Waals surface area contributed by atoms with Gasteiger partial charge >= 0.3 is 0 Å². The fourth-order valence-corrected chi connectivity index (χ4v) is 8.68. The van der Waals surface area contributed by atoms with Gasteiger partial charge in [0.1, 0.15) is 5.82 Å². The molecule has 0 aliphatic rings. The van der Waals surface area contributed by atoms with Crippen molar-refractivity contribution < 1.29 is 0 Å². The van der Waals surface area contributed by atoms with Crippen molar-refractivity contribution in [3.63, 3.8) is 0 Å². The lowest BCUT2D eigenvalue weighted by atomic mass is 10.0. The number of fused-ring (bicyclic) bond motifs is 6. The van der Waals surface area contributed by atoms with E-state index in [1.54, 1.807) is 0 Å². The zero-order valence-corrected chi connectivity index (χ0v) is 33.3. The fraction of sp³-hybridized carbons (Fsp3) is 0. The van der Waals surface area contributed by atoms with E-state index in [1.165, 1.54) is 10.8 Å². The predicted octanol–water partition coefficient (Wildman–Crippen LogP) is 13.2. The summed E-state index contributed by atoms with van der Waals surface area (Å²) in [6.07, 6.45) is 0. The zero-order valence-electron chi connectivity index (χ0n) is 33.3. The molecule has 0 amide bonds. The minimum absolute atomic E-state index is 0.575. The quantitative estimate of drug-likeness (QED) is 0.161. The maximum atomic E-state index is 5.24. The molecule has 0 saturated heterocycles. The van der Waals surface area contributed by atoms with Crippen molar-refractivity contribution in [2.75, 3.05) is 0 Å². The molecular weight excluding hydrogens is 759 g/mol. The van der Waals surface area contributed by atoms with Crippen LogP contribution in [0.25, 0.3) is 112 Å². The molecule has 12 rings (SSSR count). The number of hydrogen-bond donors (Lipinski definition) is 0. The van der Waals surface area contributed by atoms with E-state index in [9.17, 15) is 0 Å². The highest BCUT2D eigenvalue weighted by atomic mass is 15.2. The van der Waals surface area contributed by atoms with E-state index in [4.69, 9.17) is 24.9 Å². The highest BCUT2D eigenvalue weighted by molar-refractivity contribution is 6.10. The lowest BCUT2D eigenvalue weighted by molar-refractivity contribution is 0.953. The van der Waals surface area contributed by atoms with Gasteiger partial charge in [-0.2, -0.15) is 9.97 Å². The molecule has 0 radical (unpaired) electrons. The fourth-order valence-electron chi connectivity index (χ4n) is 8.68. The Kier molecular flexibility index (Phi) is 8.35. The molecule has 12 aromatic rings. The molecule has 4 aromatic heterocycles. The number of benzene rings is 8. The maximum Gasteiger partial charge on any atom is 0.238 e. The predicted molar refractivity (Wildman–Crippen MR) is 251 cm³/mol. The first-order valence-electron chi connectivity index (χ1n) is 20.7. The molecule has 0 aliphatic heterocycles. The van der Waals surface area contributed by atoms with Gasteiger partial charge in [-0.15, -0.1) is 0 Å². The summed E-state index contributed by atoms with van der Waals surface area (Å²) < 4.78 is 4.39. The van der Waals surface area contributed by atoms with Crippen LogP contribution in [0.4, 0.5) is 0 Å². The van der Waals surface area contributed by atoms with E-state index in [0.717, 1.165) is 77.7 Å². The largest absolute Gasteiger partial charge is 0.294 e. The van der Waals surface area contributed by atoms with Gasteiger partial charge in [-0.25, -0.2) is 15.0 Å². The summed E-state index contributed by atoms with van der Waals surface area (Å²) in [5.74, 6) is 3.28. The van der Waals surface area contributed by atoms with E-state index >= 15 is 0 Å². The summed E-state index contributed by atoms with van der Waals surface area (Å²) in [6.45, 7) is 0. The minimum Gasteiger partial charge on any atom is -0.294 e. The Morgan fingerprint density at radius 1 is 0.258 bits per heavy atom. The van der Waals surface area contributed by atoms with Crippen molar-refractivity contribution in [1.82, 2.24) is 34.1 Å². The Bertz CT molecular complexity index is 3260. The second-order valence-corrected chi connectivity index (χ2v) is 15.3. The van der Waals surface area contributed by atoms with Crippen molar-refractivity contribution >= 4 is 43.6 Å². The van der Waals surface area contributed by atoms with Gasteiger partial charge in [-0.05, 0) is 35.4 Å². The van der Waals surface area contributed by atoms with Gasteiger partial charge in [0, 0.05) is 49.9 Å². The first kappa shape index (κ1) is 35.4. The maximum absolute atomic E-state index is 5.24. The third-order valence-electron chi connectivity index (χ3n) is 11.6. The lowest BCUT2D eigenvalue weighted by Gasteiger charge is -2.12. The van der Waals surface area contributed by atoms with E-state index in [2.05, 4.69) is 173 Å². The van der Waals surface area contributed by atoms with Gasteiger partial charge in [-0.3, -0.25) is 9.13 Å². The van der Waals surface area contributed by atoms with Crippen LogP contribution in [-0.4, -0.2) is 34.1 Å². The molecule has 4 heterocycles. The molecule has 0 bridgehead atoms. The average molecular weight is 794 g/mol. The topological polar surface area (TPSA) is 74.3 Å². The summed E-state index contributed by atoms with van der Waals surface area (Å²) in [5, 5.41) is 4.69. The highest BCUT2D eigenvalue weighted by Crippen LogP contribution is 2.35. The van der Waals surface area contributed by atoms with Gasteiger partial charge in [0.25, 0.3) is 0 Å². The normalized spacial score (nSPS) is 11.5. The standard InChI is InChI=1S/C55H35N7/c1-3-15-38(16-4-1)46-35-51(61-47-23-11-7-19-42(47)43-20-8-12-24-48(43)61)57-52(56-46)40-31-27-36(28-32-40)37-29-33-41(34-30-37)54-58-53(39-17-5-2-6-18-39)59-55(60-54)62-49-25-13-9-21-44(49)45-22-10-14-26-50(45)62/h1-35H. The van der Waals surface area contributed by atoms with Gasteiger partial charge < -0.3 is 0 Å². The van der Waals surface area contributed by atoms with Crippen LogP contribution >= 0.6 is 0 Å². The van der Waals surface area contributed by atoms with Crippen LogP contribution in [0.2, 0.25) is 0 Å². The zero-order chi connectivity index (χ0) is 41.0. The number of hydrogen-bond acceptors (Lipinski definition) is 5. The van der Waals surface area contributed by atoms with E-state index in [1.807, 2.05) is 48.5 Å². The Morgan fingerprint density at radius 3 is 1.08 bits per heavy atom. The molecule has 0 spiro atoms. The van der Waals surface area contributed by atoms with Gasteiger partial charge in [0.05, 0.1) is 27.8 Å². The van der Waals surface area contributed by atoms with Crippen LogP contribution < -0.4 is 0 Å². The van der Waals surface area contributed by atoms with Crippen molar-refractivity contribution in [3.05, 3.63) is 212 Å². The van der Waals surface area contributed by atoms with Gasteiger partial charge in [0.15, 0.2) is 17.5 Å². The third-order valence-corrected chi connectivity index (χ3v) is 11.6. The van der Waals surface area contributed by atoms with E-state index < -0.39 is 0 Å². The Hall–Kier alpha value is -8.55. The summed E-state index contributed by atoms with van der Waals surface area (Å²) in [7, 11) is 0. The van der Waals surface area contributed by atoms with E-state index in [-0.39, 0.29) is 0 Å². The number of rotatable bonds is 7. The molecule has 0 fully saturated rings. The molecule has 7 heteroatoms. The monoisotopic (exact) mass is 793 g/mol. The van der Waals surface area contributed by atoms with Crippen molar-refractivity contribution in [1.29, 1.82) is 0 Å². The molecule has 8 aromatic carbocycles. The van der Waals surface area contributed by atoms with Crippen LogP contribution in [0, 0.1) is 0 Å². The summed E-state index contributed by atoms with van der Waals surface area (Å²) in [6, 6.07) is 73.3. The lowest BCUT2D eigenvalue weighted by Crippen LogP contribution is -2.06. The van der Waals surface area contributed by atoms with Crippen LogP contribution in [0.15, 0.2) is 212 Å². The number of nitrogens with zero attached hydrogens (tertiary/aromatic N) is 7. The third kappa shape index (κ3) is 6.02. The molecular formula is C55H35N7. The smallest absolute Gasteiger partial charge is 0.238 e. The molecule has 0 atom stereocenters. The van der Waals surface area contributed by atoms with Crippen molar-refractivity contribution in [2.45, 2.75) is 0 Å². The highest BCUT2D eigenvalue weighted by Gasteiger charge is 2.19. The Labute approximate surface area is 356 Å². The molecule has 7 nitrogen and oxygen atoms in total. The number of para-hydroxylation sites is 4. The molecule has 0 unspecified atom stereocenters. The van der Waals surface area contributed by atoms with Gasteiger partial charge in [-0.1, -0.05) is 182 Å². The van der Waals surface area contributed by atoms with E-state index in [0.29, 0.717) is 23.4 Å². The second-order valence-electron chi connectivity index (χ2n) is 15.3. The summed E-state index contributed by atoms with van der Waals surface area (Å²) >= 11 is 0. The first-order chi connectivity index (χ1) is 30.7. The Balaban J connectivity index is 0.922. The van der Waals surface area contributed by atoms with Crippen LogP contribution in [-0.2, 0) is 0 Å². The average Bonchev–Trinajstić information content (AvgIpc) is 3.88. The SMILES string of the molecule is c1ccc(-c2cc(-n3c4ccccc4c4ccccc43)nc(-c3ccc(-c4ccc(-c5nc(-c6ccccc6)nc(-n6c7ccccc7c7ccccc76)n5)cc4)cc3)n2)cc1. The number of aromatic nitrogens is 7. The second kappa shape index (κ2) is 14.6. The molecule has 62 heavy (non-hydrogen) atoms. The Morgan fingerprint density at radius 2 is 0.613 bits per heavy atom. The van der Waals surface area contributed by atoms with Crippen molar-refractivity contribution in [3.8, 4) is 68.3 Å². The van der Waals surface area contributed by atoms with Crippen LogP contribution in [0.1, 0.15) is 0 Å². The summed E-state index contributed by atoms with van der Waals surface area (Å²) in [5.41, 5.74) is 11.1. The van der Waals surface area contributed by atoms with Crippen molar-refractivity contribution in [2.24, 2.45) is 0 Å². The van der Waals surface area contributed by atoms with Crippen LogP contribution in [0.5, 0.6) is 0 Å².